The van der Waals surface area contributed by atoms with Crippen molar-refractivity contribution in [3.63, 3.8) is 0 Å². The Morgan fingerprint density at radius 3 is 2.42 bits per heavy atom. The molecule has 0 bridgehead atoms. The number of nitriles is 1. The van der Waals surface area contributed by atoms with E-state index in [0.717, 1.165) is 45.5 Å². The van der Waals surface area contributed by atoms with Crippen LogP contribution in [0.2, 0.25) is 0 Å². The number of nitrogens with one attached hydrogen (secondary N) is 1. The van der Waals surface area contributed by atoms with Gasteiger partial charge in [-0.2, -0.15) is 5.26 Å². The fraction of sp³-hybridized carbons (Fsp3) is 0.933. The molecule has 0 aromatic rings. The van der Waals surface area contributed by atoms with Crippen molar-refractivity contribution in [1.29, 1.82) is 5.26 Å². The van der Waals surface area contributed by atoms with Gasteiger partial charge in [-0.25, -0.2) is 0 Å². The molecule has 0 fully saturated rings. The summed E-state index contributed by atoms with van der Waals surface area (Å²) in [7, 11) is 1.74. The molecule has 0 radical (unpaired) electrons. The molecule has 4 nitrogen and oxygen atoms in total. The molecule has 1 unspecified atom stereocenters. The van der Waals surface area contributed by atoms with Crippen molar-refractivity contribution in [2.24, 2.45) is 0 Å². The lowest BCUT2D eigenvalue weighted by Crippen LogP contribution is -2.44. The molecule has 0 aliphatic carbocycles. The zero-order valence-corrected chi connectivity index (χ0v) is 13.3. The monoisotopic (exact) mass is 269 g/mol. The quantitative estimate of drug-likeness (QED) is 0.626. The van der Waals surface area contributed by atoms with Crippen LogP contribution < -0.4 is 5.32 Å². The molecular weight excluding hydrogens is 238 g/mol. The van der Waals surface area contributed by atoms with Crippen LogP contribution in [0, 0.1) is 11.3 Å². The van der Waals surface area contributed by atoms with Crippen molar-refractivity contribution in [2.45, 2.75) is 58.5 Å². The lowest BCUT2D eigenvalue weighted by atomic mass is 9.92. The van der Waals surface area contributed by atoms with Crippen molar-refractivity contribution >= 4 is 0 Å². The third-order valence-corrected chi connectivity index (χ3v) is 3.69. The molecule has 0 saturated carbocycles. The number of nitrogens with zero attached hydrogens (tertiary/aromatic N) is 2. The average Bonchev–Trinajstić information content (AvgIpc) is 2.41. The van der Waals surface area contributed by atoms with Gasteiger partial charge >= 0.3 is 0 Å². The maximum Gasteiger partial charge on any atom is 0.106 e. The van der Waals surface area contributed by atoms with E-state index >= 15 is 0 Å². The topological polar surface area (TPSA) is 48.3 Å². The first-order chi connectivity index (χ1) is 9.05. The van der Waals surface area contributed by atoms with E-state index in [1.807, 2.05) is 0 Å². The molecular formula is C15H31N3O. The van der Waals surface area contributed by atoms with Crippen LogP contribution in [0.1, 0.15) is 47.0 Å². The van der Waals surface area contributed by atoms with Gasteiger partial charge in [-0.15, -0.1) is 0 Å². The first-order valence-electron chi connectivity index (χ1n) is 7.44. The first kappa shape index (κ1) is 18.4. The molecule has 0 rings (SSSR count). The van der Waals surface area contributed by atoms with Gasteiger partial charge in [0.2, 0.25) is 0 Å². The highest BCUT2D eigenvalue weighted by Crippen LogP contribution is 2.17. The van der Waals surface area contributed by atoms with Crippen molar-refractivity contribution in [1.82, 2.24) is 10.2 Å². The number of rotatable bonds is 11. The highest BCUT2D eigenvalue weighted by Gasteiger charge is 2.26. The van der Waals surface area contributed by atoms with Crippen LogP contribution in [-0.2, 0) is 4.74 Å². The summed E-state index contributed by atoms with van der Waals surface area (Å²) in [5.74, 6) is 0. The number of hydrogen-bond acceptors (Lipinski definition) is 4. The summed E-state index contributed by atoms with van der Waals surface area (Å²) in [6.07, 6.45) is 2.80. The summed E-state index contributed by atoms with van der Waals surface area (Å²) in [6.45, 7) is 12.1. The highest BCUT2D eigenvalue weighted by molar-refractivity contribution is 5.06. The Bertz CT molecular complexity index is 263. The standard InChI is InChI=1S/C15H31N3O/c1-6-15(13-16,17-7-2)9-8-10-18(14(3)4)11-12-19-5/h14,17H,6-12H2,1-5H3. The van der Waals surface area contributed by atoms with E-state index in [-0.39, 0.29) is 5.54 Å². The Morgan fingerprint density at radius 2 is 2.00 bits per heavy atom. The number of ether oxygens (including phenoxy) is 1. The Morgan fingerprint density at radius 1 is 1.32 bits per heavy atom. The summed E-state index contributed by atoms with van der Waals surface area (Å²) >= 11 is 0. The van der Waals surface area contributed by atoms with Gasteiger partial charge in [0, 0.05) is 19.7 Å². The van der Waals surface area contributed by atoms with Gasteiger partial charge in [-0.3, -0.25) is 10.2 Å². The number of hydrogen-bond donors (Lipinski definition) is 1. The van der Waals surface area contributed by atoms with Gasteiger partial charge in [0.15, 0.2) is 0 Å². The summed E-state index contributed by atoms with van der Waals surface area (Å²) in [6, 6.07) is 2.98. The first-order valence-corrected chi connectivity index (χ1v) is 7.44. The molecule has 112 valence electrons. The van der Waals surface area contributed by atoms with Gasteiger partial charge < -0.3 is 4.74 Å². The zero-order valence-electron chi connectivity index (χ0n) is 13.3. The Kier molecular flexibility index (Phi) is 9.85. The maximum absolute atomic E-state index is 9.38. The van der Waals surface area contributed by atoms with E-state index in [4.69, 9.17) is 4.74 Å². The van der Waals surface area contributed by atoms with Gasteiger partial charge in [0.25, 0.3) is 0 Å². The van der Waals surface area contributed by atoms with Crippen LogP contribution in [0.5, 0.6) is 0 Å². The Hall–Kier alpha value is -0.630. The lowest BCUT2D eigenvalue weighted by molar-refractivity contribution is 0.126. The predicted molar refractivity (Wildman–Crippen MR) is 80.1 cm³/mol. The minimum atomic E-state index is -0.349. The summed E-state index contributed by atoms with van der Waals surface area (Å²) in [5.41, 5.74) is -0.349. The van der Waals surface area contributed by atoms with E-state index < -0.39 is 0 Å². The van der Waals surface area contributed by atoms with Crippen LogP contribution in [0.3, 0.4) is 0 Å². The number of methoxy groups -OCH3 is 1. The zero-order chi connectivity index (χ0) is 14.7. The summed E-state index contributed by atoms with van der Waals surface area (Å²) in [5, 5.41) is 12.7. The van der Waals surface area contributed by atoms with Crippen LogP contribution in [-0.4, -0.2) is 49.8 Å². The van der Waals surface area contributed by atoms with Crippen molar-refractivity contribution < 1.29 is 4.74 Å². The van der Waals surface area contributed by atoms with Crippen LogP contribution >= 0.6 is 0 Å². The average molecular weight is 269 g/mol. The lowest BCUT2D eigenvalue weighted by Gasteiger charge is -2.30. The molecule has 0 heterocycles. The molecule has 0 aliphatic heterocycles. The van der Waals surface area contributed by atoms with E-state index in [2.05, 4.69) is 44.0 Å². The molecule has 0 aromatic carbocycles. The second kappa shape index (κ2) is 10.2. The Balaban J connectivity index is 4.25. The van der Waals surface area contributed by atoms with Crippen LogP contribution in [0.15, 0.2) is 0 Å². The fourth-order valence-corrected chi connectivity index (χ4v) is 2.32. The summed E-state index contributed by atoms with van der Waals surface area (Å²) < 4.78 is 5.14. The largest absolute Gasteiger partial charge is 0.383 e. The van der Waals surface area contributed by atoms with E-state index in [0.29, 0.717) is 6.04 Å². The van der Waals surface area contributed by atoms with Gasteiger partial charge in [-0.05, 0) is 46.2 Å². The van der Waals surface area contributed by atoms with E-state index in [9.17, 15) is 5.26 Å². The third-order valence-electron chi connectivity index (χ3n) is 3.69. The van der Waals surface area contributed by atoms with E-state index in [1.54, 1.807) is 7.11 Å². The minimum absolute atomic E-state index is 0.349. The molecule has 1 atom stereocenters. The van der Waals surface area contributed by atoms with Gasteiger partial charge in [0.05, 0.1) is 12.7 Å². The second-order valence-corrected chi connectivity index (χ2v) is 5.30. The molecule has 19 heavy (non-hydrogen) atoms. The van der Waals surface area contributed by atoms with Crippen LogP contribution in [0.4, 0.5) is 0 Å². The molecule has 0 aliphatic rings. The SMILES string of the molecule is CCNC(C#N)(CC)CCCN(CCOC)C(C)C. The van der Waals surface area contributed by atoms with Crippen LogP contribution in [0.25, 0.3) is 0 Å². The summed E-state index contributed by atoms with van der Waals surface area (Å²) in [4.78, 5) is 2.41. The van der Waals surface area contributed by atoms with Crippen molar-refractivity contribution in [3.8, 4) is 6.07 Å². The Labute approximate surface area is 119 Å². The molecule has 1 N–H and O–H groups in total. The molecule has 4 heteroatoms. The highest BCUT2D eigenvalue weighted by atomic mass is 16.5. The van der Waals surface area contributed by atoms with E-state index in [1.165, 1.54) is 0 Å². The fourth-order valence-electron chi connectivity index (χ4n) is 2.32. The van der Waals surface area contributed by atoms with Gasteiger partial charge in [-0.1, -0.05) is 13.8 Å². The normalized spacial score (nSPS) is 14.6. The molecule has 0 aromatic heterocycles. The maximum atomic E-state index is 9.38. The molecule has 0 saturated heterocycles. The molecule has 0 spiro atoms. The predicted octanol–water partition coefficient (Wildman–Crippen LogP) is 2.41. The molecule has 0 amide bonds. The van der Waals surface area contributed by atoms with Gasteiger partial charge in [0.1, 0.15) is 5.54 Å². The third kappa shape index (κ3) is 6.91. The minimum Gasteiger partial charge on any atom is -0.383 e. The second-order valence-electron chi connectivity index (χ2n) is 5.30. The smallest absolute Gasteiger partial charge is 0.106 e. The van der Waals surface area contributed by atoms with Crippen molar-refractivity contribution in [2.75, 3.05) is 33.4 Å². The van der Waals surface area contributed by atoms with Crippen molar-refractivity contribution in [3.05, 3.63) is 0 Å².